The van der Waals surface area contributed by atoms with E-state index in [1.54, 1.807) is 23.1 Å². The second kappa shape index (κ2) is 8.23. The summed E-state index contributed by atoms with van der Waals surface area (Å²) in [6.07, 6.45) is 1.20. The van der Waals surface area contributed by atoms with E-state index in [4.69, 9.17) is 4.74 Å². The number of anilines is 1. The van der Waals surface area contributed by atoms with Crippen molar-refractivity contribution in [3.8, 4) is 5.75 Å². The van der Waals surface area contributed by atoms with Crippen LogP contribution in [0.1, 0.15) is 5.56 Å². The van der Waals surface area contributed by atoms with Crippen LogP contribution in [0, 0.1) is 6.92 Å². The Bertz CT molecular complexity index is 1160. The van der Waals surface area contributed by atoms with Crippen molar-refractivity contribution in [1.82, 2.24) is 9.88 Å². The number of amides is 1. The number of sulfone groups is 1. The van der Waals surface area contributed by atoms with E-state index < -0.39 is 9.84 Å². The summed E-state index contributed by atoms with van der Waals surface area (Å²) < 4.78 is 30.0. The first kappa shape index (κ1) is 20.6. The van der Waals surface area contributed by atoms with Crippen molar-refractivity contribution >= 4 is 42.4 Å². The molecule has 9 heteroatoms. The molecule has 0 saturated carbocycles. The molecule has 0 radical (unpaired) electrons. The molecule has 30 heavy (non-hydrogen) atoms. The number of hydrogen-bond donors (Lipinski definition) is 0. The standard InChI is InChI=1S/C21H23N3O4S2/c1-15-3-5-16(6-4-15)28-14-20(25)23-9-11-24(12-10-23)21-22-18-8-7-17(30(2,26)27)13-19(18)29-21/h3-8,13H,9-12,14H2,1-2H3. The molecule has 1 saturated heterocycles. The summed E-state index contributed by atoms with van der Waals surface area (Å²) in [6, 6.07) is 12.6. The number of aryl methyl sites for hydroxylation is 1. The molecule has 1 fully saturated rings. The molecule has 0 N–H and O–H groups in total. The van der Waals surface area contributed by atoms with Crippen molar-refractivity contribution in [2.24, 2.45) is 0 Å². The topological polar surface area (TPSA) is 79.8 Å². The van der Waals surface area contributed by atoms with E-state index >= 15 is 0 Å². The van der Waals surface area contributed by atoms with Crippen LogP contribution in [0.2, 0.25) is 0 Å². The molecule has 0 aliphatic carbocycles. The van der Waals surface area contributed by atoms with Gasteiger partial charge in [-0.1, -0.05) is 29.0 Å². The predicted molar refractivity (Wildman–Crippen MR) is 118 cm³/mol. The van der Waals surface area contributed by atoms with Crippen molar-refractivity contribution in [2.75, 3.05) is 43.9 Å². The number of carbonyl (C=O) groups is 1. The van der Waals surface area contributed by atoms with Gasteiger partial charge >= 0.3 is 0 Å². The second-order valence-electron chi connectivity index (χ2n) is 7.37. The third-order valence-corrected chi connectivity index (χ3v) is 7.25. The molecule has 1 amide bonds. The van der Waals surface area contributed by atoms with E-state index in [1.165, 1.54) is 17.6 Å². The lowest BCUT2D eigenvalue weighted by atomic mass is 10.2. The molecule has 1 aromatic heterocycles. The molecule has 2 heterocycles. The molecule has 0 bridgehead atoms. The van der Waals surface area contributed by atoms with Gasteiger partial charge in [-0.3, -0.25) is 4.79 Å². The number of aromatic nitrogens is 1. The Morgan fingerprint density at radius 1 is 1.10 bits per heavy atom. The fourth-order valence-electron chi connectivity index (χ4n) is 3.28. The van der Waals surface area contributed by atoms with Gasteiger partial charge in [0.2, 0.25) is 0 Å². The Kier molecular flexibility index (Phi) is 5.66. The van der Waals surface area contributed by atoms with Gasteiger partial charge in [0, 0.05) is 32.4 Å². The number of piperazine rings is 1. The number of nitrogens with zero attached hydrogens (tertiary/aromatic N) is 3. The van der Waals surface area contributed by atoms with E-state index in [9.17, 15) is 13.2 Å². The van der Waals surface area contributed by atoms with Gasteiger partial charge < -0.3 is 14.5 Å². The predicted octanol–water partition coefficient (Wildman–Crippen LogP) is 2.74. The van der Waals surface area contributed by atoms with Gasteiger partial charge in [-0.05, 0) is 37.3 Å². The molecule has 0 spiro atoms. The normalized spacial score (nSPS) is 14.9. The van der Waals surface area contributed by atoms with E-state index in [0.717, 1.165) is 20.9 Å². The van der Waals surface area contributed by atoms with Crippen LogP contribution >= 0.6 is 11.3 Å². The van der Waals surface area contributed by atoms with Gasteiger partial charge in [0.05, 0.1) is 15.1 Å². The third kappa shape index (κ3) is 4.57. The van der Waals surface area contributed by atoms with E-state index in [-0.39, 0.29) is 12.5 Å². The average Bonchev–Trinajstić information content (AvgIpc) is 3.16. The molecular weight excluding hydrogens is 422 g/mol. The molecule has 1 aliphatic heterocycles. The van der Waals surface area contributed by atoms with Gasteiger partial charge in [-0.25, -0.2) is 13.4 Å². The number of rotatable bonds is 5. The maximum Gasteiger partial charge on any atom is 0.260 e. The lowest BCUT2D eigenvalue weighted by Crippen LogP contribution is -2.50. The van der Waals surface area contributed by atoms with Crippen LogP contribution in [0.25, 0.3) is 10.2 Å². The summed E-state index contributed by atoms with van der Waals surface area (Å²) >= 11 is 1.47. The van der Waals surface area contributed by atoms with Crippen LogP contribution in [0.3, 0.4) is 0 Å². The summed E-state index contributed by atoms with van der Waals surface area (Å²) in [6.45, 7) is 4.58. The molecule has 0 unspecified atom stereocenters. The first-order chi connectivity index (χ1) is 14.3. The van der Waals surface area contributed by atoms with Crippen molar-refractivity contribution in [3.05, 3.63) is 48.0 Å². The van der Waals surface area contributed by atoms with Crippen molar-refractivity contribution in [1.29, 1.82) is 0 Å². The number of thiazole rings is 1. The number of carbonyl (C=O) groups excluding carboxylic acids is 1. The molecule has 3 aromatic rings. The maximum absolute atomic E-state index is 12.5. The SMILES string of the molecule is Cc1ccc(OCC(=O)N2CCN(c3nc4ccc(S(C)(=O)=O)cc4s3)CC2)cc1. The van der Waals surface area contributed by atoms with Gasteiger partial charge in [-0.15, -0.1) is 0 Å². The summed E-state index contributed by atoms with van der Waals surface area (Å²) in [5.41, 5.74) is 1.93. The zero-order chi connectivity index (χ0) is 21.3. The first-order valence-electron chi connectivity index (χ1n) is 9.62. The Labute approximate surface area is 179 Å². The molecule has 2 aromatic carbocycles. The van der Waals surface area contributed by atoms with E-state index in [1.807, 2.05) is 31.2 Å². The smallest absolute Gasteiger partial charge is 0.260 e. The quantitative estimate of drug-likeness (QED) is 0.601. The minimum Gasteiger partial charge on any atom is -0.484 e. The summed E-state index contributed by atoms with van der Waals surface area (Å²) in [5.74, 6) is 0.660. The minimum absolute atomic E-state index is 0.0263. The molecule has 0 atom stereocenters. The van der Waals surface area contributed by atoms with Crippen LogP contribution in [0.4, 0.5) is 5.13 Å². The number of ether oxygens (including phenoxy) is 1. The lowest BCUT2D eigenvalue weighted by molar-refractivity contribution is -0.133. The Morgan fingerprint density at radius 2 is 1.80 bits per heavy atom. The van der Waals surface area contributed by atoms with Gasteiger partial charge in [0.1, 0.15) is 5.75 Å². The highest BCUT2D eigenvalue weighted by atomic mass is 32.2. The molecule has 4 rings (SSSR count). The van der Waals surface area contributed by atoms with Crippen LogP contribution in [0.15, 0.2) is 47.4 Å². The third-order valence-electron chi connectivity index (χ3n) is 5.06. The zero-order valence-corrected chi connectivity index (χ0v) is 18.5. The first-order valence-corrected chi connectivity index (χ1v) is 12.3. The number of benzene rings is 2. The van der Waals surface area contributed by atoms with Gasteiger partial charge in [-0.2, -0.15) is 0 Å². The Morgan fingerprint density at radius 3 is 2.47 bits per heavy atom. The fraction of sp³-hybridized carbons (Fsp3) is 0.333. The molecule has 158 valence electrons. The monoisotopic (exact) mass is 445 g/mol. The largest absolute Gasteiger partial charge is 0.484 e. The minimum atomic E-state index is -3.25. The lowest BCUT2D eigenvalue weighted by Gasteiger charge is -2.34. The molecular formula is C21H23N3O4S2. The Balaban J connectivity index is 1.35. The van der Waals surface area contributed by atoms with Crippen molar-refractivity contribution in [3.63, 3.8) is 0 Å². The summed E-state index contributed by atoms with van der Waals surface area (Å²) in [5, 5.41) is 0.846. The number of fused-ring (bicyclic) bond motifs is 1. The highest BCUT2D eigenvalue weighted by molar-refractivity contribution is 7.90. The van der Waals surface area contributed by atoms with Crippen LogP contribution < -0.4 is 9.64 Å². The maximum atomic E-state index is 12.5. The number of hydrogen-bond acceptors (Lipinski definition) is 7. The van der Waals surface area contributed by atoms with Crippen LogP contribution in [-0.2, 0) is 14.6 Å². The van der Waals surface area contributed by atoms with Crippen molar-refractivity contribution in [2.45, 2.75) is 11.8 Å². The highest BCUT2D eigenvalue weighted by Gasteiger charge is 2.23. The van der Waals surface area contributed by atoms with E-state index in [0.29, 0.717) is 36.8 Å². The van der Waals surface area contributed by atoms with Crippen molar-refractivity contribution < 1.29 is 17.9 Å². The summed E-state index contributed by atoms with van der Waals surface area (Å²) in [7, 11) is -3.25. The van der Waals surface area contributed by atoms with Gasteiger partial charge in [0.25, 0.3) is 5.91 Å². The van der Waals surface area contributed by atoms with Gasteiger partial charge in [0.15, 0.2) is 21.6 Å². The fourth-order valence-corrected chi connectivity index (χ4v) is 5.05. The van der Waals surface area contributed by atoms with Crippen LogP contribution in [0.5, 0.6) is 5.75 Å². The second-order valence-corrected chi connectivity index (χ2v) is 10.4. The Hall–Kier alpha value is -2.65. The highest BCUT2D eigenvalue weighted by Crippen LogP contribution is 2.31. The van der Waals surface area contributed by atoms with E-state index in [2.05, 4.69) is 9.88 Å². The molecule has 7 nitrogen and oxygen atoms in total. The zero-order valence-electron chi connectivity index (χ0n) is 16.9. The van der Waals surface area contributed by atoms with Crippen LogP contribution in [-0.4, -0.2) is 63.3 Å². The molecule has 1 aliphatic rings. The average molecular weight is 446 g/mol. The summed E-state index contributed by atoms with van der Waals surface area (Å²) in [4.78, 5) is 21.3.